The third-order valence-corrected chi connectivity index (χ3v) is 5.55. The lowest BCUT2D eigenvalue weighted by Gasteiger charge is -2.24. The van der Waals surface area contributed by atoms with Crippen molar-refractivity contribution in [3.05, 3.63) is 104 Å². The SMILES string of the molecule is O=C1c2oc3ccc(F)cc3c(=O)c2[C@@H](c2ccc(Br)cc2)N1Cc1ccco1. The van der Waals surface area contributed by atoms with Crippen molar-refractivity contribution in [2.24, 2.45) is 0 Å². The molecule has 1 atom stereocenters. The van der Waals surface area contributed by atoms with Gasteiger partial charge in [-0.15, -0.1) is 0 Å². The van der Waals surface area contributed by atoms with Gasteiger partial charge in [-0.2, -0.15) is 0 Å². The van der Waals surface area contributed by atoms with Gasteiger partial charge >= 0.3 is 0 Å². The zero-order valence-electron chi connectivity index (χ0n) is 14.9. The molecular weight excluding hydrogens is 441 g/mol. The standard InChI is InChI=1S/C22H13BrFNO4/c23-13-5-3-12(4-6-13)19-18-20(26)16-10-14(24)7-8-17(16)29-21(18)22(27)25(19)11-15-2-1-9-28-15/h1-10,19H,11H2/t19-/m1/s1. The predicted molar refractivity (Wildman–Crippen MR) is 107 cm³/mol. The van der Waals surface area contributed by atoms with Crippen molar-refractivity contribution in [2.45, 2.75) is 12.6 Å². The Kier molecular flexibility index (Phi) is 4.13. The van der Waals surface area contributed by atoms with Crippen molar-refractivity contribution in [3.8, 4) is 0 Å². The number of fused-ring (bicyclic) bond motifs is 2. The highest BCUT2D eigenvalue weighted by Gasteiger charge is 2.43. The smallest absolute Gasteiger partial charge is 0.291 e. The molecule has 0 unspecified atom stereocenters. The first-order chi connectivity index (χ1) is 14.0. The van der Waals surface area contributed by atoms with Crippen molar-refractivity contribution < 1.29 is 18.0 Å². The Morgan fingerprint density at radius 1 is 1.07 bits per heavy atom. The summed E-state index contributed by atoms with van der Waals surface area (Å²) in [7, 11) is 0. The number of nitrogens with zero attached hydrogens (tertiary/aromatic N) is 1. The van der Waals surface area contributed by atoms with E-state index in [4.69, 9.17) is 8.83 Å². The first-order valence-electron chi connectivity index (χ1n) is 8.88. The normalized spacial score (nSPS) is 15.9. The number of rotatable bonds is 3. The van der Waals surface area contributed by atoms with Crippen molar-refractivity contribution >= 4 is 32.8 Å². The summed E-state index contributed by atoms with van der Waals surface area (Å²) < 4.78 is 25.8. The van der Waals surface area contributed by atoms with Gasteiger partial charge in [0.05, 0.1) is 29.8 Å². The van der Waals surface area contributed by atoms with E-state index < -0.39 is 23.2 Å². The molecule has 2 aromatic carbocycles. The number of amides is 1. The number of benzene rings is 2. The van der Waals surface area contributed by atoms with Gasteiger partial charge in [0, 0.05) is 4.47 Å². The lowest BCUT2D eigenvalue weighted by atomic mass is 9.98. The van der Waals surface area contributed by atoms with Gasteiger partial charge in [-0.05, 0) is 48.0 Å². The number of hydrogen-bond acceptors (Lipinski definition) is 4. The van der Waals surface area contributed by atoms with E-state index in [0.29, 0.717) is 5.76 Å². The van der Waals surface area contributed by atoms with E-state index >= 15 is 0 Å². The molecule has 0 radical (unpaired) electrons. The molecule has 0 saturated heterocycles. The predicted octanol–water partition coefficient (Wildman–Crippen LogP) is 5.03. The molecule has 144 valence electrons. The zero-order valence-corrected chi connectivity index (χ0v) is 16.5. The van der Waals surface area contributed by atoms with Crippen molar-refractivity contribution in [3.63, 3.8) is 0 Å². The largest absolute Gasteiger partial charge is 0.467 e. The quantitative estimate of drug-likeness (QED) is 0.436. The highest BCUT2D eigenvalue weighted by molar-refractivity contribution is 9.10. The fourth-order valence-electron chi connectivity index (χ4n) is 3.72. The van der Waals surface area contributed by atoms with Gasteiger partial charge < -0.3 is 13.7 Å². The van der Waals surface area contributed by atoms with Crippen LogP contribution >= 0.6 is 15.9 Å². The topological polar surface area (TPSA) is 63.7 Å². The Hall–Kier alpha value is -3.19. The molecule has 0 saturated carbocycles. The highest BCUT2D eigenvalue weighted by Crippen LogP contribution is 2.39. The summed E-state index contributed by atoms with van der Waals surface area (Å²) in [5.74, 6) is -0.390. The average molecular weight is 454 g/mol. The minimum atomic E-state index is -0.667. The van der Waals surface area contributed by atoms with Crippen LogP contribution in [0.1, 0.15) is 33.5 Å². The van der Waals surface area contributed by atoms with Gasteiger partial charge in [0.2, 0.25) is 5.76 Å². The number of carbonyl (C=O) groups excluding carboxylic acids is 1. The summed E-state index contributed by atoms with van der Waals surface area (Å²) in [6.07, 6.45) is 1.53. The summed E-state index contributed by atoms with van der Waals surface area (Å²) >= 11 is 3.40. The fourth-order valence-corrected chi connectivity index (χ4v) is 3.98. The minimum absolute atomic E-state index is 0.0198. The summed E-state index contributed by atoms with van der Waals surface area (Å²) in [6.45, 7) is 0.168. The molecular formula is C22H13BrFNO4. The third kappa shape index (κ3) is 2.89. The Labute approximate surface area is 172 Å². The lowest BCUT2D eigenvalue weighted by molar-refractivity contribution is 0.0701. The van der Waals surface area contributed by atoms with E-state index in [0.717, 1.165) is 16.1 Å². The number of carbonyl (C=O) groups is 1. The Bertz CT molecular complexity index is 1300. The molecule has 0 N–H and O–H groups in total. The molecule has 7 heteroatoms. The Morgan fingerprint density at radius 3 is 2.59 bits per heavy atom. The average Bonchev–Trinajstić information content (AvgIpc) is 3.32. The summed E-state index contributed by atoms with van der Waals surface area (Å²) in [5.41, 5.74) is 0.721. The fraction of sp³-hybridized carbons (Fsp3) is 0.0909. The molecule has 0 bridgehead atoms. The van der Waals surface area contributed by atoms with Crippen molar-refractivity contribution in [1.82, 2.24) is 4.90 Å². The van der Waals surface area contributed by atoms with E-state index in [1.807, 2.05) is 24.3 Å². The minimum Gasteiger partial charge on any atom is -0.467 e. The summed E-state index contributed by atoms with van der Waals surface area (Å²) in [5, 5.41) is 0.110. The molecule has 5 rings (SSSR count). The highest BCUT2D eigenvalue weighted by atomic mass is 79.9. The molecule has 3 heterocycles. The molecule has 0 fully saturated rings. The zero-order chi connectivity index (χ0) is 20.1. The second-order valence-electron chi connectivity index (χ2n) is 6.78. The van der Waals surface area contributed by atoms with Crippen LogP contribution in [-0.4, -0.2) is 10.8 Å². The van der Waals surface area contributed by atoms with Gasteiger partial charge in [0.15, 0.2) is 5.43 Å². The van der Waals surface area contributed by atoms with Gasteiger partial charge in [0.25, 0.3) is 5.91 Å². The molecule has 1 aliphatic rings. The van der Waals surface area contributed by atoms with E-state index in [2.05, 4.69) is 15.9 Å². The van der Waals surface area contributed by atoms with Crippen LogP contribution in [0, 0.1) is 5.82 Å². The monoisotopic (exact) mass is 453 g/mol. The first-order valence-corrected chi connectivity index (χ1v) is 9.67. The number of hydrogen-bond donors (Lipinski definition) is 0. The molecule has 1 aliphatic heterocycles. The second kappa shape index (κ2) is 6.70. The van der Waals surface area contributed by atoms with Gasteiger partial charge in [0.1, 0.15) is 17.2 Å². The van der Waals surface area contributed by atoms with E-state index in [1.54, 1.807) is 12.1 Å². The van der Waals surface area contributed by atoms with Crippen molar-refractivity contribution in [2.75, 3.05) is 0 Å². The summed E-state index contributed by atoms with van der Waals surface area (Å²) in [6, 6.07) is 13.9. The Balaban J connectivity index is 1.75. The van der Waals surface area contributed by atoms with Gasteiger partial charge in [-0.3, -0.25) is 9.59 Å². The molecule has 0 spiro atoms. The molecule has 5 nitrogen and oxygen atoms in total. The van der Waals surface area contributed by atoms with Gasteiger partial charge in [-0.25, -0.2) is 4.39 Å². The molecule has 4 aromatic rings. The first kappa shape index (κ1) is 17.9. The van der Waals surface area contributed by atoms with Crippen LogP contribution in [0.5, 0.6) is 0 Å². The molecule has 29 heavy (non-hydrogen) atoms. The molecule has 2 aromatic heterocycles. The van der Waals surface area contributed by atoms with Gasteiger partial charge in [-0.1, -0.05) is 28.1 Å². The summed E-state index contributed by atoms with van der Waals surface area (Å²) in [4.78, 5) is 28.0. The van der Waals surface area contributed by atoms with E-state index in [-0.39, 0.29) is 28.8 Å². The lowest BCUT2D eigenvalue weighted by Crippen LogP contribution is -2.29. The number of furan rings is 1. The van der Waals surface area contributed by atoms with Crippen LogP contribution in [-0.2, 0) is 6.54 Å². The second-order valence-corrected chi connectivity index (χ2v) is 7.70. The van der Waals surface area contributed by atoms with Crippen LogP contribution < -0.4 is 5.43 Å². The van der Waals surface area contributed by atoms with Crippen LogP contribution in [0.2, 0.25) is 0 Å². The van der Waals surface area contributed by atoms with Crippen LogP contribution in [0.4, 0.5) is 4.39 Å². The number of halogens is 2. The van der Waals surface area contributed by atoms with Crippen LogP contribution in [0.3, 0.4) is 0 Å². The molecule has 1 amide bonds. The maximum absolute atomic E-state index is 13.8. The van der Waals surface area contributed by atoms with Crippen LogP contribution in [0.25, 0.3) is 11.0 Å². The third-order valence-electron chi connectivity index (χ3n) is 5.02. The Morgan fingerprint density at radius 2 is 1.86 bits per heavy atom. The molecule has 0 aliphatic carbocycles. The maximum atomic E-state index is 13.8. The van der Waals surface area contributed by atoms with E-state index in [9.17, 15) is 14.0 Å². The van der Waals surface area contributed by atoms with E-state index in [1.165, 1.54) is 23.3 Å². The van der Waals surface area contributed by atoms with Crippen molar-refractivity contribution in [1.29, 1.82) is 0 Å². The maximum Gasteiger partial charge on any atom is 0.291 e. The van der Waals surface area contributed by atoms with Crippen LogP contribution in [0.15, 0.2) is 79.0 Å².